The number of aromatic nitrogens is 1. The van der Waals surface area contributed by atoms with Crippen molar-refractivity contribution in [3.63, 3.8) is 0 Å². The van der Waals surface area contributed by atoms with Crippen LogP contribution in [0.1, 0.15) is 48.7 Å². The Morgan fingerprint density at radius 2 is 1.89 bits per heavy atom. The molecule has 0 unspecified atom stereocenters. The lowest BCUT2D eigenvalue weighted by molar-refractivity contribution is 0.0623. The summed E-state index contributed by atoms with van der Waals surface area (Å²) in [5.74, 6) is 0.118. The Morgan fingerprint density at radius 3 is 2.68 bits per heavy atom. The van der Waals surface area contributed by atoms with E-state index in [-0.39, 0.29) is 5.91 Å². The zero-order valence-electron chi connectivity index (χ0n) is 16.5. The highest BCUT2D eigenvalue weighted by Crippen LogP contribution is 2.25. The van der Waals surface area contributed by atoms with Crippen LogP contribution < -0.4 is 5.32 Å². The molecule has 0 bridgehead atoms. The fraction of sp³-hybridized carbons (Fsp3) is 0.375. The van der Waals surface area contributed by atoms with Gasteiger partial charge in [-0.15, -0.1) is 0 Å². The van der Waals surface area contributed by atoms with Crippen molar-refractivity contribution in [3.05, 3.63) is 71.9 Å². The summed E-state index contributed by atoms with van der Waals surface area (Å²) in [5.41, 5.74) is 3.03. The van der Waals surface area contributed by atoms with Gasteiger partial charge in [-0.3, -0.25) is 4.79 Å². The van der Waals surface area contributed by atoms with Crippen molar-refractivity contribution < 1.29 is 4.79 Å². The van der Waals surface area contributed by atoms with Crippen molar-refractivity contribution in [3.8, 4) is 0 Å². The predicted molar refractivity (Wildman–Crippen MR) is 114 cm³/mol. The predicted octanol–water partition coefficient (Wildman–Crippen LogP) is 4.73. The molecule has 1 aliphatic rings. The minimum Gasteiger partial charge on any atom is -0.351 e. The quantitative estimate of drug-likeness (QED) is 0.654. The fourth-order valence-corrected chi connectivity index (χ4v) is 4.40. The summed E-state index contributed by atoms with van der Waals surface area (Å²) in [6, 6.07) is 21.3. The molecular weight excluding hydrogens is 346 g/mol. The van der Waals surface area contributed by atoms with Gasteiger partial charge in [0.25, 0.3) is 5.91 Å². The number of fused-ring (bicyclic) bond motifs is 1. The van der Waals surface area contributed by atoms with Crippen LogP contribution in [0.4, 0.5) is 0 Å². The number of para-hydroxylation sites is 1. The second-order valence-electron chi connectivity index (χ2n) is 7.75. The Bertz CT molecular complexity index is 885. The smallest absolute Gasteiger partial charge is 0.270 e. The average molecular weight is 376 g/mol. The van der Waals surface area contributed by atoms with Gasteiger partial charge in [-0.1, -0.05) is 48.5 Å². The molecule has 3 aromatic rings. The Hall–Kier alpha value is -2.59. The molecule has 1 aliphatic carbocycles. The highest BCUT2D eigenvalue weighted by molar-refractivity contribution is 5.98. The Morgan fingerprint density at radius 1 is 1.11 bits per heavy atom. The molecule has 0 aliphatic heterocycles. The summed E-state index contributed by atoms with van der Waals surface area (Å²) in [6.45, 7) is 3.71. The number of carbonyl (C=O) groups is 1. The maximum atomic E-state index is 13.2. The Kier molecular flexibility index (Phi) is 5.77. The van der Waals surface area contributed by atoms with Crippen molar-refractivity contribution in [2.75, 3.05) is 6.54 Å². The van der Waals surface area contributed by atoms with Gasteiger partial charge in [0.2, 0.25) is 0 Å². The van der Waals surface area contributed by atoms with Gasteiger partial charge in [0.1, 0.15) is 5.69 Å². The first-order valence-electron chi connectivity index (χ1n) is 10.4. The Balaban J connectivity index is 1.42. The molecule has 2 N–H and O–H groups in total. The summed E-state index contributed by atoms with van der Waals surface area (Å²) in [6.07, 6.45) is 4.45. The van der Waals surface area contributed by atoms with Crippen LogP contribution in [0.3, 0.4) is 0 Å². The number of carbonyl (C=O) groups excluding carboxylic acids is 1. The molecule has 1 fully saturated rings. The van der Waals surface area contributed by atoms with Gasteiger partial charge in [0.15, 0.2) is 0 Å². The van der Waals surface area contributed by atoms with E-state index in [2.05, 4.69) is 52.5 Å². The average Bonchev–Trinajstić information content (AvgIpc) is 3.18. The molecule has 28 heavy (non-hydrogen) atoms. The van der Waals surface area contributed by atoms with Crippen LogP contribution in [0.2, 0.25) is 0 Å². The number of amides is 1. The second-order valence-corrected chi connectivity index (χ2v) is 7.75. The Labute approximate surface area is 166 Å². The van der Waals surface area contributed by atoms with Gasteiger partial charge >= 0.3 is 0 Å². The van der Waals surface area contributed by atoms with Crippen LogP contribution in [-0.2, 0) is 6.54 Å². The number of H-pyrrole nitrogens is 1. The molecule has 0 radical (unpaired) electrons. The first kappa shape index (κ1) is 18.8. The van der Waals surface area contributed by atoms with E-state index in [0.29, 0.717) is 17.8 Å². The van der Waals surface area contributed by atoms with E-state index >= 15 is 0 Å². The van der Waals surface area contributed by atoms with Gasteiger partial charge in [0, 0.05) is 36.1 Å². The summed E-state index contributed by atoms with van der Waals surface area (Å²) in [5, 5.41) is 4.79. The molecule has 1 saturated carbocycles. The van der Waals surface area contributed by atoms with Crippen molar-refractivity contribution in [2.45, 2.75) is 51.2 Å². The van der Waals surface area contributed by atoms with E-state index in [0.717, 1.165) is 43.3 Å². The summed E-state index contributed by atoms with van der Waals surface area (Å²) < 4.78 is 0. The molecule has 2 atom stereocenters. The van der Waals surface area contributed by atoms with Crippen LogP contribution in [0.15, 0.2) is 60.7 Å². The summed E-state index contributed by atoms with van der Waals surface area (Å²) in [7, 11) is 0. The number of hydrogen-bond acceptors (Lipinski definition) is 2. The maximum absolute atomic E-state index is 13.2. The third-order valence-corrected chi connectivity index (χ3v) is 5.89. The van der Waals surface area contributed by atoms with Gasteiger partial charge < -0.3 is 15.2 Å². The van der Waals surface area contributed by atoms with Crippen molar-refractivity contribution >= 4 is 16.8 Å². The maximum Gasteiger partial charge on any atom is 0.270 e. The zero-order valence-corrected chi connectivity index (χ0v) is 16.5. The molecule has 1 aromatic heterocycles. The molecule has 1 amide bonds. The molecule has 1 heterocycles. The highest BCUT2D eigenvalue weighted by atomic mass is 16.2. The third-order valence-electron chi connectivity index (χ3n) is 5.89. The van der Waals surface area contributed by atoms with Crippen LogP contribution in [0.25, 0.3) is 10.9 Å². The minimum absolute atomic E-state index is 0.118. The van der Waals surface area contributed by atoms with Gasteiger partial charge in [-0.25, -0.2) is 0 Å². The van der Waals surface area contributed by atoms with Crippen molar-refractivity contribution in [1.29, 1.82) is 0 Å². The lowest BCUT2D eigenvalue weighted by Gasteiger charge is -2.37. The van der Waals surface area contributed by atoms with E-state index < -0.39 is 0 Å². The van der Waals surface area contributed by atoms with Gasteiger partial charge in [0.05, 0.1) is 0 Å². The minimum atomic E-state index is 0.118. The largest absolute Gasteiger partial charge is 0.351 e. The van der Waals surface area contributed by atoms with E-state index in [1.165, 1.54) is 12.0 Å². The summed E-state index contributed by atoms with van der Waals surface area (Å²) >= 11 is 0. The third kappa shape index (κ3) is 4.12. The molecule has 4 rings (SSSR count). The molecule has 4 nitrogen and oxygen atoms in total. The SMILES string of the molecule is CCN(C(=O)c1cc2ccccc2[nH]1)[C@@H]1CCC[C@@H](NCc2ccccc2)C1. The van der Waals surface area contributed by atoms with Crippen molar-refractivity contribution in [1.82, 2.24) is 15.2 Å². The van der Waals surface area contributed by atoms with E-state index in [4.69, 9.17) is 0 Å². The number of nitrogens with zero attached hydrogens (tertiary/aromatic N) is 1. The molecule has 2 aromatic carbocycles. The van der Waals surface area contributed by atoms with Gasteiger partial charge in [-0.2, -0.15) is 0 Å². The van der Waals surface area contributed by atoms with Gasteiger partial charge in [-0.05, 0) is 50.3 Å². The lowest BCUT2D eigenvalue weighted by Crippen LogP contribution is -2.46. The topological polar surface area (TPSA) is 48.1 Å². The van der Waals surface area contributed by atoms with E-state index in [1.807, 2.05) is 30.3 Å². The molecule has 0 saturated heterocycles. The summed E-state index contributed by atoms with van der Waals surface area (Å²) in [4.78, 5) is 18.6. The monoisotopic (exact) mass is 375 g/mol. The number of benzene rings is 2. The fourth-order valence-electron chi connectivity index (χ4n) is 4.40. The number of aromatic amines is 1. The first-order valence-corrected chi connectivity index (χ1v) is 10.4. The number of hydrogen-bond donors (Lipinski definition) is 2. The molecule has 4 heteroatoms. The molecule has 146 valence electrons. The molecule has 0 spiro atoms. The van der Waals surface area contributed by atoms with Crippen LogP contribution in [-0.4, -0.2) is 34.4 Å². The van der Waals surface area contributed by atoms with E-state index in [9.17, 15) is 4.79 Å². The number of rotatable bonds is 6. The van der Waals surface area contributed by atoms with Crippen LogP contribution in [0, 0.1) is 0 Å². The second kappa shape index (κ2) is 8.61. The number of nitrogens with one attached hydrogen (secondary N) is 2. The van der Waals surface area contributed by atoms with Crippen LogP contribution >= 0.6 is 0 Å². The van der Waals surface area contributed by atoms with Crippen LogP contribution in [0.5, 0.6) is 0 Å². The van der Waals surface area contributed by atoms with Crippen molar-refractivity contribution in [2.24, 2.45) is 0 Å². The zero-order chi connectivity index (χ0) is 19.3. The highest BCUT2D eigenvalue weighted by Gasteiger charge is 2.29. The lowest BCUT2D eigenvalue weighted by atomic mass is 9.89. The normalized spacial score (nSPS) is 19.6. The molecular formula is C24H29N3O. The first-order chi connectivity index (χ1) is 13.7. The van der Waals surface area contributed by atoms with E-state index in [1.54, 1.807) is 0 Å². The standard InChI is InChI=1S/C24H29N3O/c1-2-27(24(28)23-15-19-11-6-7-14-22(19)26-23)21-13-8-12-20(16-21)25-17-18-9-4-3-5-10-18/h3-7,9-11,14-15,20-21,25-26H,2,8,12-13,16-17H2,1H3/t20-,21-/m1/s1.